The van der Waals surface area contributed by atoms with E-state index in [1.54, 1.807) is 0 Å². The van der Waals surface area contributed by atoms with E-state index in [4.69, 9.17) is 15.9 Å². The number of piperidine rings is 1. The summed E-state index contributed by atoms with van der Waals surface area (Å²) in [4.78, 5) is 4.31. The van der Waals surface area contributed by atoms with Crippen molar-refractivity contribution in [2.24, 2.45) is 5.73 Å². The topological polar surface area (TPSA) is 65.6 Å². The third-order valence-electron chi connectivity index (χ3n) is 4.54. The standard InChI is InChI=1S/C19H32N4O/c1-3-15-24-18-10-8-17(9-11-18)23(14-6-12-20)19(21)22-13-5-4-7-16(22)2/h8-11,16,21H,3-7,12-15,20H2,1-2H3. The van der Waals surface area contributed by atoms with E-state index in [9.17, 15) is 0 Å². The van der Waals surface area contributed by atoms with Crippen molar-refractivity contribution in [1.29, 1.82) is 5.41 Å². The monoisotopic (exact) mass is 332 g/mol. The van der Waals surface area contributed by atoms with E-state index < -0.39 is 0 Å². The molecule has 1 fully saturated rings. The molecular formula is C19H32N4O. The SMILES string of the molecule is CCCOc1ccc(N(CCCN)C(=N)N2CCCCC2C)cc1. The van der Waals surface area contributed by atoms with Crippen LogP contribution in [0.4, 0.5) is 5.69 Å². The Morgan fingerprint density at radius 1 is 1.33 bits per heavy atom. The Morgan fingerprint density at radius 2 is 2.08 bits per heavy atom. The molecule has 1 heterocycles. The molecule has 5 heteroatoms. The molecule has 1 aliphatic rings. The Balaban J connectivity index is 2.12. The van der Waals surface area contributed by atoms with E-state index in [0.717, 1.165) is 50.4 Å². The third-order valence-corrected chi connectivity index (χ3v) is 4.54. The number of nitrogens with zero attached hydrogens (tertiary/aromatic N) is 2. The van der Waals surface area contributed by atoms with Gasteiger partial charge in [-0.1, -0.05) is 6.92 Å². The van der Waals surface area contributed by atoms with Crippen molar-refractivity contribution >= 4 is 11.6 Å². The molecule has 0 amide bonds. The minimum atomic E-state index is 0.429. The molecule has 0 bridgehead atoms. The molecule has 2 rings (SSSR count). The van der Waals surface area contributed by atoms with Crippen LogP contribution in [0.15, 0.2) is 24.3 Å². The molecule has 1 saturated heterocycles. The number of anilines is 1. The lowest BCUT2D eigenvalue weighted by Crippen LogP contribution is -2.50. The van der Waals surface area contributed by atoms with Gasteiger partial charge in [0.15, 0.2) is 5.96 Å². The van der Waals surface area contributed by atoms with Crippen LogP contribution in [-0.2, 0) is 0 Å². The minimum Gasteiger partial charge on any atom is -0.494 e. The van der Waals surface area contributed by atoms with E-state index in [1.807, 2.05) is 24.3 Å². The van der Waals surface area contributed by atoms with Crippen molar-refractivity contribution in [2.45, 2.75) is 52.0 Å². The van der Waals surface area contributed by atoms with Crippen molar-refractivity contribution in [2.75, 3.05) is 31.1 Å². The Labute approximate surface area is 146 Å². The van der Waals surface area contributed by atoms with Crippen molar-refractivity contribution in [3.05, 3.63) is 24.3 Å². The fourth-order valence-electron chi connectivity index (χ4n) is 3.12. The molecule has 3 N–H and O–H groups in total. The lowest BCUT2D eigenvalue weighted by atomic mass is 10.0. The number of ether oxygens (including phenoxy) is 1. The summed E-state index contributed by atoms with van der Waals surface area (Å²) < 4.78 is 5.66. The summed E-state index contributed by atoms with van der Waals surface area (Å²) in [6.45, 7) is 7.43. The predicted molar refractivity (Wildman–Crippen MR) is 101 cm³/mol. The number of rotatable bonds is 7. The number of hydrogen-bond donors (Lipinski definition) is 2. The highest BCUT2D eigenvalue weighted by Gasteiger charge is 2.25. The van der Waals surface area contributed by atoms with Crippen molar-refractivity contribution < 1.29 is 4.74 Å². The van der Waals surface area contributed by atoms with Crippen molar-refractivity contribution in [3.63, 3.8) is 0 Å². The van der Waals surface area contributed by atoms with Gasteiger partial charge in [-0.2, -0.15) is 0 Å². The second kappa shape index (κ2) is 9.52. The van der Waals surface area contributed by atoms with Crippen LogP contribution in [0.3, 0.4) is 0 Å². The highest BCUT2D eigenvalue weighted by atomic mass is 16.5. The fraction of sp³-hybridized carbons (Fsp3) is 0.632. The molecule has 0 aliphatic carbocycles. The summed E-state index contributed by atoms with van der Waals surface area (Å²) in [7, 11) is 0. The third kappa shape index (κ3) is 4.87. The van der Waals surface area contributed by atoms with Crippen molar-refractivity contribution in [3.8, 4) is 5.75 Å². The van der Waals surface area contributed by atoms with E-state index in [-0.39, 0.29) is 0 Å². The Hall–Kier alpha value is -1.75. The predicted octanol–water partition coefficient (Wildman–Crippen LogP) is 3.44. The van der Waals surface area contributed by atoms with E-state index in [2.05, 4.69) is 23.6 Å². The molecule has 1 atom stereocenters. The second-order valence-electron chi connectivity index (χ2n) is 6.50. The summed E-state index contributed by atoms with van der Waals surface area (Å²) in [6, 6.07) is 8.51. The summed E-state index contributed by atoms with van der Waals surface area (Å²) in [5.74, 6) is 1.48. The average molecular weight is 332 g/mol. The van der Waals surface area contributed by atoms with Crippen LogP contribution in [-0.4, -0.2) is 43.1 Å². The smallest absolute Gasteiger partial charge is 0.198 e. The Bertz CT molecular complexity index is 503. The molecule has 24 heavy (non-hydrogen) atoms. The van der Waals surface area contributed by atoms with Crippen LogP contribution in [0.2, 0.25) is 0 Å². The van der Waals surface area contributed by atoms with Gasteiger partial charge in [-0.05, 0) is 69.8 Å². The molecule has 1 aromatic carbocycles. The van der Waals surface area contributed by atoms with Crippen LogP contribution in [0, 0.1) is 5.41 Å². The molecule has 0 spiro atoms. The molecule has 134 valence electrons. The number of guanidine groups is 1. The first-order valence-electron chi connectivity index (χ1n) is 9.23. The van der Waals surface area contributed by atoms with Gasteiger partial charge in [-0.15, -0.1) is 0 Å². The molecular weight excluding hydrogens is 300 g/mol. The average Bonchev–Trinajstić information content (AvgIpc) is 2.61. The minimum absolute atomic E-state index is 0.429. The van der Waals surface area contributed by atoms with Crippen LogP contribution in [0.5, 0.6) is 5.75 Å². The van der Waals surface area contributed by atoms with Crippen LogP contribution >= 0.6 is 0 Å². The zero-order valence-electron chi connectivity index (χ0n) is 15.1. The molecule has 1 aromatic rings. The van der Waals surface area contributed by atoms with Crippen LogP contribution in [0.1, 0.15) is 46.0 Å². The Kier molecular flexibility index (Phi) is 7.37. The summed E-state index contributed by atoms with van der Waals surface area (Å²) in [5.41, 5.74) is 6.75. The van der Waals surface area contributed by atoms with Gasteiger partial charge in [0.05, 0.1) is 6.61 Å². The van der Waals surface area contributed by atoms with Crippen molar-refractivity contribution in [1.82, 2.24) is 4.90 Å². The maximum absolute atomic E-state index is 8.73. The van der Waals surface area contributed by atoms with Crippen LogP contribution in [0.25, 0.3) is 0 Å². The number of hydrogen-bond acceptors (Lipinski definition) is 3. The number of nitrogens with one attached hydrogen (secondary N) is 1. The van der Waals surface area contributed by atoms with E-state index in [1.165, 1.54) is 12.8 Å². The van der Waals surface area contributed by atoms with Gasteiger partial charge >= 0.3 is 0 Å². The first-order chi connectivity index (χ1) is 11.7. The van der Waals surface area contributed by atoms with Gasteiger partial charge in [-0.3, -0.25) is 5.41 Å². The first kappa shape index (κ1) is 18.6. The largest absolute Gasteiger partial charge is 0.494 e. The maximum atomic E-state index is 8.73. The highest BCUT2D eigenvalue weighted by molar-refractivity contribution is 5.94. The number of likely N-dealkylation sites (tertiary alicyclic amines) is 1. The molecule has 0 aromatic heterocycles. The quantitative estimate of drug-likeness (QED) is 0.593. The molecule has 1 aliphatic heterocycles. The normalized spacial score (nSPS) is 17.6. The number of benzene rings is 1. The maximum Gasteiger partial charge on any atom is 0.198 e. The van der Waals surface area contributed by atoms with Gasteiger partial charge in [0, 0.05) is 24.8 Å². The molecule has 5 nitrogen and oxygen atoms in total. The molecule has 1 unspecified atom stereocenters. The van der Waals surface area contributed by atoms with Gasteiger partial charge in [0.2, 0.25) is 0 Å². The van der Waals surface area contributed by atoms with Gasteiger partial charge in [0.1, 0.15) is 5.75 Å². The van der Waals surface area contributed by atoms with E-state index >= 15 is 0 Å². The molecule has 0 saturated carbocycles. The lowest BCUT2D eigenvalue weighted by molar-refractivity contribution is 0.252. The summed E-state index contributed by atoms with van der Waals surface area (Å²) in [6.07, 6.45) is 5.47. The number of nitrogens with two attached hydrogens (primary N) is 1. The van der Waals surface area contributed by atoms with Crippen LogP contribution < -0.4 is 15.4 Å². The summed E-state index contributed by atoms with van der Waals surface area (Å²) in [5, 5.41) is 8.73. The van der Waals surface area contributed by atoms with E-state index in [0.29, 0.717) is 18.5 Å². The lowest BCUT2D eigenvalue weighted by Gasteiger charge is -2.40. The summed E-state index contributed by atoms with van der Waals surface area (Å²) >= 11 is 0. The second-order valence-corrected chi connectivity index (χ2v) is 6.50. The van der Waals surface area contributed by atoms with Gasteiger partial charge in [-0.25, -0.2) is 0 Å². The molecule has 0 radical (unpaired) electrons. The first-order valence-corrected chi connectivity index (χ1v) is 9.23. The highest BCUT2D eigenvalue weighted by Crippen LogP contribution is 2.24. The Morgan fingerprint density at radius 3 is 2.71 bits per heavy atom. The zero-order valence-corrected chi connectivity index (χ0v) is 15.1. The fourth-order valence-corrected chi connectivity index (χ4v) is 3.12. The van der Waals surface area contributed by atoms with Gasteiger partial charge < -0.3 is 20.3 Å². The zero-order chi connectivity index (χ0) is 17.4. The van der Waals surface area contributed by atoms with Gasteiger partial charge in [0.25, 0.3) is 0 Å².